The van der Waals surface area contributed by atoms with E-state index < -0.39 is 5.60 Å². The molecule has 152 valence electrons. The second-order valence-corrected chi connectivity index (χ2v) is 10.2. The third-order valence-corrected chi connectivity index (χ3v) is 8.85. The molecule has 1 heterocycles. The number of fused-ring (bicyclic) bond motifs is 5. The molecule has 3 saturated carbocycles. The van der Waals surface area contributed by atoms with E-state index in [-0.39, 0.29) is 5.41 Å². The van der Waals surface area contributed by atoms with Gasteiger partial charge in [0.1, 0.15) is 11.3 Å². The summed E-state index contributed by atoms with van der Waals surface area (Å²) in [5.41, 5.74) is 1.06. The van der Waals surface area contributed by atoms with Crippen LogP contribution in [0.15, 0.2) is 36.0 Å². The van der Waals surface area contributed by atoms with Crippen LogP contribution in [0.25, 0.3) is 0 Å². The largest absolute Gasteiger partial charge is 0.377 e. The van der Waals surface area contributed by atoms with Gasteiger partial charge < -0.3 is 5.11 Å². The number of nitrogens with zero attached hydrogens (tertiary/aromatic N) is 1. The van der Waals surface area contributed by atoms with Gasteiger partial charge in [-0.2, -0.15) is 0 Å². The Kier molecular flexibility index (Phi) is 4.48. The normalized spacial score (nSPS) is 43.3. The van der Waals surface area contributed by atoms with Crippen LogP contribution in [0.5, 0.6) is 0 Å². The molecule has 5 rings (SSSR count). The fraction of sp³-hybridized carbons (Fsp3) is 0.615. The molecule has 0 aliphatic heterocycles. The lowest BCUT2D eigenvalue weighted by Crippen LogP contribution is -2.54. The molecule has 0 saturated heterocycles. The first kappa shape index (κ1) is 19.1. The van der Waals surface area contributed by atoms with Gasteiger partial charge in [0.25, 0.3) is 0 Å². The molecule has 0 aromatic carbocycles. The van der Waals surface area contributed by atoms with Gasteiger partial charge >= 0.3 is 0 Å². The van der Waals surface area contributed by atoms with E-state index in [0.29, 0.717) is 41.8 Å². The lowest BCUT2D eigenvalue weighted by molar-refractivity contribution is -0.117. The van der Waals surface area contributed by atoms with Crippen LogP contribution in [0.4, 0.5) is 0 Å². The first-order valence-corrected chi connectivity index (χ1v) is 11.3. The van der Waals surface area contributed by atoms with Gasteiger partial charge in [-0.25, -0.2) is 4.98 Å². The topological polar surface area (TPSA) is 50.2 Å². The van der Waals surface area contributed by atoms with Gasteiger partial charge in [-0.3, -0.25) is 4.79 Å². The van der Waals surface area contributed by atoms with Crippen molar-refractivity contribution in [3.8, 4) is 11.8 Å². The summed E-state index contributed by atoms with van der Waals surface area (Å²) in [5.74, 6) is 9.73. The Morgan fingerprint density at radius 2 is 2.07 bits per heavy atom. The van der Waals surface area contributed by atoms with Gasteiger partial charge in [0.05, 0.1) is 0 Å². The Hall–Kier alpha value is -1.92. The number of hydrogen-bond donors (Lipinski definition) is 1. The summed E-state index contributed by atoms with van der Waals surface area (Å²) in [5, 5.41) is 11.7. The van der Waals surface area contributed by atoms with Crippen LogP contribution in [0.2, 0.25) is 0 Å². The number of aliphatic hydroxyl groups is 1. The minimum absolute atomic E-state index is 0.157. The zero-order valence-electron chi connectivity index (χ0n) is 17.5. The van der Waals surface area contributed by atoms with E-state index in [1.807, 2.05) is 24.3 Å². The number of hydrogen-bond acceptors (Lipinski definition) is 3. The summed E-state index contributed by atoms with van der Waals surface area (Å²) in [6, 6.07) is 5.73. The Morgan fingerprint density at radius 3 is 2.86 bits per heavy atom. The van der Waals surface area contributed by atoms with Gasteiger partial charge in [0.15, 0.2) is 5.78 Å². The molecule has 1 N–H and O–H groups in total. The third-order valence-electron chi connectivity index (χ3n) is 8.85. The maximum absolute atomic E-state index is 12.0. The number of carbonyl (C=O) groups excluding carboxylic acids is 1. The average molecular weight is 390 g/mol. The Morgan fingerprint density at radius 1 is 1.21 bits per heavy atom. The van der Waals surface area contributed by atoms with Crippen LogP contribution in [0.3, 0.4) is 0 Å². The average Bonchev–Trinajstić information content (AvgIpc) is 2.98. The fourth-order valence-electron chi connectivity index (χ4n) is 7.42. The molecular formula is C26H31NO2. The molecule has 0 spiro atoms. The van der Waals surface area contributed by atoms with Crippen molar-refractivity contribution in [1.29, 1.82) is 0 Å². The van der Waals surface area contributed by atoms with Crippen molar-refractivity contribution in [1.82, 2.24) is 4.98 Å². The quantitative estimate of drug-likeness (QED) is 0.662. The van der Waals surface area contributed by atoms with Crippen LogP contribution in [0.1, 0.15) is 64.5 Å². The highest BCUT2D eigenvalue weighted by atomic mass is 16.3. The first-order chi connectivity index (χ1) is 13.9. The second-order valence-electron chi connectivity index (χ2n) is 10.2. The number of aromatic nitrogens is 1. The highest BCUT2D eigenvalue weighted by Gasteiger charge is 2.63. The predicted molar refractivity (Wildman–Crippen MR) is 113 cm³/mol. The molecule has 1 aromatic rings. The van der Waals surface area contributed by atoms with Gasteiger partial charge in [0.2, 0.25) is 0 Å². The maximum Gasteiger partial charge on any atom is 0.155 e. The molecule has 1 aromatic heterocycles. The van der Waals surface area contributed by atoms with E-state index >= 15 is 0 Å². The Labute approximate surface area is 174 Å². The molecule has 1 unspecified atom stereocenters. The Bertz CT molecular complexity index is 910. The van der Waals surface area contributed by atoms with Gasteiger partial charge in [0, 0.05) is 18.0 Å². The van der Waals surface area contributed by atoms with Crippen molar-refractivity contribution in [3.63, 3.8) is 0 Å². The smallest absolute Gasteiger partial charge is 0.155 e. The zero-order valence-corrected chi connectivity index (χ0v) is 17.5. The summed E-state index contributed by atoms with van der Waals surface area (Å²) < 4.78 is 0. The van der Waals surface area contributed by atoms with Crippen molar-refractivity contribution in [2.75, 3.05) is 0 Å². The van der Waals surface area contributed by atoms with Crippen LogP contribution < -0.4 is 0 Å². The van der Waals surface area contributed by atoms with E-state index in [0.717, 1.165) is 44.2 Å². The molecule has 4 aliphatic rings. The maximum atomic E-state index is 12.0. The summed E-state index contributed by atoms with van der Waals surface area (Å²) >= 11 is 0. The Balaban J connectivity index is 1.46. The van der Waals surface area contributed by atoms with Crippen LogP contribution >= 0.6 is 0 Å². The lowest BCUT2D eigenvalue weighted by atomic mass is 9.48. The first-order valence-electron chi connectivity index (χ1n) is 11.3. The van der Waals surface area contributed by atoms with E-state index in [4.69, 9.17) is 0 Å². The number of allylic oxidation sites excluding steroid dienone is 1. The minimum atomic E-state index is -0.932. The summed E-state index contributed by atoms with van der Waals surface area (Å²) in [6.45, 7) is 4.66. The summed E-state index contributed by atoms with van der Waals surface area (Å²) in [6.07, 6.45) is 10.5. The molecule has 0 radical (unpaired) electrons. The van der Waals surface area contributed by atoms with E-state index in [1.54, 1.807) is 6.20 Å². The molecule has 3 heteroatoms. The molecule has 0 bridgehead atoms. The molecule has 3 nitrogen and oxygen atoms in total. The SMILES string of the molecule is C[C@H]1CC2=CC(=O)CC[C@@H]2[C@@H]2CC[C@@]3(C)[C@H](CCC3(O)C#Cc3ccccn3)[C@@H]21. The second kappa shape index (κ2) is 6.81. The predicted octanol–water partition coefficient (Wildman–Crippen LogP) is 4.55. The number of pyridine rings is 1. The van der Waals surface area contributed by atoms with Gasteiger partial charge in [-0.15, -0.1) is 0 Å². The summed E-state index contributed by atoms with van der Waals surface area (Å²) in [4.78, 5) is 16.3. The monoisotopic (exact) mass is 389 g/mol. The standard InChI is InChI=1S/C26H31NO2/c1-17-15-18-16-20(28)6-7-21(18)22-9-11-25(2)23(24(17)22)10-13-26(25,29)12-8-19-5-3-4-14-27-19/h3-5,14,16-17,21-24,29H,6-7,9-11,13,15H2,1-2H3/t17-,21-,22-,23+,24+,25-,26?/m0/s1. The number of ketones is 1. The molecule has 0 amide bonds. The minimum Gasteiger partial charge on any atom is -0.377 e. The van der Waals surface area contributed by atoms with Crippen molar-refractivity contribution in [2.24, 2.45) is 35.0 Å². The zero-order chi connectivity index (χ0) is 20.2. The molecular weight excluding hydrogens is 358 g/mol. The molecule has 29 heavy (non-hydrogen) atoms. The van der Waals surface area contributed by atoms with Crippen molar-refractivity contribution in [2.45, 2.75) is 64.4 Å². The van der Waals surface area contributed by atoms with Crippen LogP contribution in [-0.4, -0.2) is 21.5 Å². The van der Waals surface area contributed by atoms with E-state index in [2.05, 4.69) is 30.7 Å². The molecule has 7 atom stereocenters. The third kappa shape index (κ3) is 2.91. The van der Waals surface area contributed by atoms with Crippen LogP contribution in [-0.2, 0) is 4.79 Å². The van der Waals surface area contributed by atoms with Gasteiger partial charge in [-0.1, -0.05) is 31.4 Å². The van der Waals surface area contributed by atoms with Crippen LogP contribution in [0, 0.1) is 46.8 Å². The highest BCUT2D eigenvalue weighted by molar-refractivity contribution is 5.91. The van der Waals surface area contributed by atoms with E-state index in [9.17, 15) is 9.90 Å². The van der Waals surface area contributed by atoms with Crippen molar-refractivity contribution in [3.05, 3.63) is 41.7 Å². The van der Waals surface area contributed by atoms with Crippen molar-refractivity contribution < 1.29 is 9.90 Å². The highest BCUT2D eigenvalue weighted by Crippen LogP contribution is 2.65. The molecule has 3 fully saturated rings. The van der Waals surface area contributed by atoms with Crippen molar-refractivity contribution >= 4 is 5.78 Å². The number of carbonyl (C=O) groups is 1. The summed E-state index contributed by atoms with van der Waals surface area (Å²) in [7, 11) is 0. The lowest BCUT2D eigenvalue weighted by Gasteiger charge is -2.56. The molecule has 4 aliphatic carbocycles. The fourth-order valence-corrected chi connectivity index (χ4v) is 7.42. The van der Waals surface area contributed by atoms with E-state index in [1.165, 1.54) is 5.57 Å². The number of rotatable bonds is 0. The van der Waals surface area contributed by atoms with Gasteiger partial charge in [-0.05, 0) is 92.2 Å².